The highest BCUT2D eigenvalue weighted by Gasteiger charge is 2.21. The largest absolute Gasteiger partial charge is 0.512 e. The molecule has 0 aliphatic rings. The summed E-state index contributed by atoms with van der Waals surface area (Å²) in [7, 11) is 1.62. The van der Waals surface area contributed by atoms with Gasteiger partial charge in [0.05, 0.1) is 12.1 Å². The standard InChI is InChI=1S/C20H17NO4S/c1-21(18(22)12-14-8-4-2-5-9-14)16-13-17(15-10-6-3-7-11-15)26-19(16)25-20(23)24/h2-11,13H,12H2,1H3,(H,23,24). The van der Waals surface area contributed by atoms with Crippen LogP contribution in [0.1, 0.15) is 5.56 Å². The Balaban J connectivity index is 1.90. The Bertz CT molecular complexity index is 906. The summed E-state index contributed by atoms with van der Waals surface area (Å²) in [6.45, 7) is 0. The van der Waals surface area contributed by atoms with Gasteiger partial charge in [0.15, 0.2) is 0 Å². The van der Waals surface area contributed by atoms with Crippen molar-refractivity contribution in [3.05, 3.63) is 72.3 Å². The van der Waals surface area contributed by atoms with E-state index in [0.29, 0.717) is 5.69 Å². The smallest absolute Gasteiger partial charge is 0.449 e. The molecule has 0 fully saturated rings. The molecule has 1 amide bonds. The molecule has 0 unspecified atom stereocenters. The van der Waals surface area contributed by atoms with Crippen molar-refractivity contribution in [1.82, 2.24) is 0 Å². The quantitative estimate of drug-likeness (QED) is 0.665. The van der Waals surface area contributed by atoms with E-state index in [-0.39, 0.29) is 17.4 Å². The zero-order chi connectivity index (χ0) is 18.5. The first kappa shape index (κ1) is 17.7. The highest BCUT2D eigenvalue weighted by Crippen LogP contribution is 2.42. The summed E-state index contributed by atoms with van der Waals surface area (Å²) in [5.41, 5.74) is 2.27. The zero-order valence-corrected chi connectivity index (χ0v) is 14.9. The van der Waals surface area contributed by atoms with E-state index in [4.69, 9.17) is 9.84 Å². The summed E-state index contributed by atoms with van der Waals surface area (Å²) in [6, 6.07) is 20.7. The molecule has 3 aromatic rings. The topological polar surface area (TPSA) is 66.8 Å². The fourth-order valence-electron chi connectivity index (χ4n) is 2.52. The Kier molecular flexibility index (Phi) is 5.34. The second-order valence-electron chi connectivity index (χ2n) is 5.63. The highest BCUT2D eigenvalue weighted by molar-refractivity contribution is 7.18. The molecule has 132 valence electrons. The molecule has 0 atom stereocenters. The molecule has 0 saturated heterocycles. The van der Waals surface area contributed by atoms with Gasteiger partial charge in [-0.3, -0.25) is 4.79 Å². The maximum absolute atomic E-state index is 12.6. The maximum Gasteiger partial charge on any atom is 0.512 e. The minimum Gasteiger partial charge on any atom is -0.449 e. The second-order valence-corrected chi connectivity index (χ2v) is 6.65. The molecule has 1 aromatic heterocycles. The van der Waals surface area contributed by atoms with Crippen LogP contribution in [0.5, 0.6) is 5.06 Å². The minimum absolute atomic E-state index is 0.149. The van der Waals surface area contributed by atoms with Crippen LogP contribution in [0, 0.1) is 0 Å². The third-order valence-electron chi connectivity index (χ3n) is 3.85. The van der Waals surface area contributed by atoms with Gasteiger partial charge in [-0.05, 0) is 17.2 Å². The lowest BCUT2D eigenvalue weighted by molar-refractivity contribution is -0.117. The van der Waals surface area contributed by atoms with Crippen LogP contribution in [0.3, 0.4) is 0 Å². The first-order chi connectivity index (χ1) is 12.5. The summed E-state index contributed by atoms with van der Waals surface area (Å²) < 4.78 is 4.91. The lowest BCUT2D eigenvalue weighted by atomic mass is 10.1. The SMILES string of the molecule is CN(C(=O)Cc1ccccc1)c1cc(-c2ccccc2)sc1OC(=O)O. The number of thiophene rings is 1. The fraction of sp³-hybridized carbons (Fsp3) is 0.100. The van der Waals surface area contributed by atoms with Crippen LogP contribution in [-0.4, -0.2) is 24.2 Å². The molecule has 0 radical (unpaired) electrons. The number of hydrogen-bond donors (Lipinski definition) is 1. The van der Waals surface area contributed by atoms with Gasteiger partial charge in [-0.25, -0.2) is 4.79 Å². The van der Waals surface area contributed by atoms with Crippen LogP contribution in [-0.2, 0) is 11.2 Å². The number of hydrogen-bond acceptors (Lipinski definition) is 4. The Morgan fingerprint density at radius 3 is 2.27 bits per heavy atom. The van der Waals surface area contributed by atoms with Crippen LogP contribution in [0.4, 0.5) is 10.5 Å². The third kappa shape index (κ3) is 4.10. The summed E-state index contributed by atoms with van der Waals surface area (Å²) in [5, 5.41) is 9.19. The number of carboxylic acid groups (broad SMARTS) is 1. The van der Waals surface area contributed by atoms with Crippen LogP contribution in [0.2, 0.25) is 0 Å². The van der Waals surface area contributed by atoms with Crippen molar-refractivity contribution in [2.45, 2.75) is 6.42 Å². The number of carbonyl (C=O) groups excluding carboxylic acids is 1. The summed E-state index contributed by atoms with van der Waals surface area (Å²) in [5.74, 6) is -0.149. The Hall–Kier alpha value is -3.12. The van der Waals surface area contributed by atoms with Crippen molar-refractivity contribution in [1.29, 1.82) is 0 Å². The fourth-order valence-corrected chi connectivity index (χ4v) is 3.56. The monoisotopic (exact) mass is 367 g/mol. The van der Waals surface area contributed by atoms with E-state index >= 15 is 0 Å². The predicted molar refractivity (Wildman–Crippen MR) is 102 cm³/mol. The first-order valence-corrected chi connectivity index (χ1v) is 8.77. The van der Waals surface area contributed by atoms with Crippen molar-refractivity contribution in [2.75, 3.05) is 11.9 Å². The van der Waals surface area contributed by atoms with Crippen molar-refractivity contribution in [3.8, 4) is 15.5 Å². The van der Waals surface area contributed by atoms with Crippen LogP contribution < -0.4 is 9.64 Å². The van der Waals surface area contributed by atoms with Crippen molar-refractivity contribution in [3.63, 3.8) is 0 Å². The minimum atomic E-state index is -1.41. The highest BCUT2D eigenvalue weighted by atomic mass is 32.1. The van der Waals surface area contributed by atoms with Gasteiger partial charge in [0, 0.05) is 11.9 Å². The van der Waals surface area contributed by atoms with Gasteiger partial charge in [0.1, 0.15) is 0 Å². The van der Waals surface area contributed by atoms with Gasteiger partial charge in [-0.2, -0.15) is 0 Å². The number of anilines is 1. The van der Waals surface area contributed by atoms with Gasteiger partial charge in [0.25, 0.3) is 0 Å². The molecule has 3 rings (SSSR count). The molecule has 0 bridgehead atoms. The Labute approximate surface area is 155 Å². The van der Waals surface area contributed by atoms with Crippen molar-refractivity contribution >= 4 is 29.1 Å². The second kappa shape index (κ2) is 7.84. The number of ether oxygens (including phenoxy) is 1. The van der Waals surface area contributed by atoms with E-state index in [1.807, 2.05) is 60.7 Å². The molecule has 0 aliphatic heterocycles. The summed E-state index contributed by atoms with van der Waals surface area (Å²) >= 11 is 1.20. The number of nitrogens with zero attached hydrogens (tertiary/aromatic N) is 1. The zero-order valence-electron chi connectivity index (χ0n) is 14.1. The molecule has 0 spiro atoms. The molecule has 6 heteroatoms. The third-order valence-corrected chi connectivity index (χ3v) is 4.90. The number of rotatable bonds is 5. The van der Waals surface area contributed by atoms with Crippen LogP contribution in [0.25, 0.3) is 10.4 Å². The summed E-state index contributed by atoms with van der Waals surface area (Å²) in [6.07, 6.45) is -1.18. The average Bonchev–Trinajstić information content (AvgIpc) is 3.05. The molecule has 0 saturated carbocycles. The van der Waals surface area contributed by atoms with Crippen molar-refractivity contribution < 1.29 is 19.4 Å². The van der Waals surface area contributed by atoms with Gasteiger partial charge in [0.2, 0.25) is 11.0 Å². The number of likely N-dealkylation sites (N-methyl/N-ethyl adjacent to an activating group) is 1. The van der Waals surface area contributed by atoms with Crippen molar-refractivity contribution in [2.24, 2.45) is 0 Å². The Morgan fingerprint density at radius 2 is 1.65 bits per heavy atom. The molecule has 0 aliphatic carbocycles. The molecule has 1 N–H and O–H groups in total. The number of carbonyl (C=O) groups is 2. The van der Waals surface area contributed by atoms with Gasteiger partial charge < -0.3 is 14.7 Å². The summed E-state index contributed by atoms with van der Waals surface area (Å²) in [4.78, 5) is 25.9. The molecule has 26 heavy (non-hydrogen) atoms. The van der Waals surface area contributed by atoms with E-state index in [9.17, 15) is 9.59 Å². The van der Waals surface area contributed by atoms with E-state index in [1.54, 1.807) is 13.1 Å². The van der Waals surface area contributed by atoms with E-state index in [1.165, 1.54) is 16.2 Å². The molecule has 2 aromatic carbocycles. The van der Waals surface area contributed by atoms with Gasteiger partial charge in [-0.1, -0.05) is 72.0 Å². The molecular formula is C20H17NO4S. The van der Waals surface area contributed by atoms with Gasteiger partial charge in [-0.15, -0.1) is 0 Å². The molecule has 5 nitrogen and oxygen atoms in total. The number of benzene rings is 2. The van der Waals surface area contributed by atoms with E-state index in [2.05, 4.69) is 0 Å². The first-order valence-electron chi connectivity index (χ1n) is 7.95. The van der Waals surface area contributed by atoms with E-state index in [0.717, 1.165) is 16.0 Å². The lowest BCUT2D eigenvalue weighted by Gasteiger charge is -2.17. The lowest BCUT2D eigenvalue weighted by Crippen LogP contribution is -2.28. The van der Waals surface area contributed by atoms with E-state index < -0.39 is 6.16 Å². The Morgan fingerprint density at radius 1 is 1.04 bits per heavy atom. The van der Waals surface area contributed by atoms with Gasteiger partial charge >= 0.3 is 6.16 Å². The maximum atomic E-state index is 12.6. The van der Waals surface area contributed by atoms with Crippen LogP contribution in [0.15, 0.2) is 66.7 Å². The molecule has 1 heterocycles. The molecular weight excluding hydrogens is 350 g/mol. The normalized spacial score (nSPS) is 10.3. The predicted octanol–water partition coefficient (Wildman–Crippen LogP) is 4.68. The van der Waals surface area contributed by atoms with Crippen LogP contribution >= 0.6 is 11.3 Å². The average molecular weight is 367 g/mol. The number of amides is 1.